The van der Waals surface area contributed by atoms with Crippen LogP contribution >= 0.6 is 0 Å². The number of carbonyl (C=O) groups is 1. The van der Waals surface area contributed by atoms with Gasteiger partial charge in [0.1, 0.15) is 55.5 Å². The van der Waals surface area contributed by atoms with Crippen LogP contribution < -0.4 is 15.1 Å². The number of carbonyl (C=O) groups excluding carboxylic acids is 1. The van der Waals surface area contributed by atoms with Crippen molar-refractivity contribution >= 4 is 16.9 Å². The molecule has 1 aliphatic heterocycles. The largest absolute Gasteiger partial charge is 0.459 e. The van der Waals surface area contributed by atoms with Crippen molar-refractivity contribution in [3.05, 3.63) is 53.6 Å². The van der Waals surface area contributed by atoms with E-state index in [0.717, 1.165) is 60.9 Å². The van der Waals surface area contributed by atoms with E-state index in [-0.39, 0.29) is 11.9 Å². The summed E-state index contributed by atoms with van der Waals surface area (Å²) >= 11 is 0. The summed E-state index contributed by atoms with van der Waals surface area (Å²) in [6, 6.07) is 11.8. The Morgan fingerprint density at radius 1 is 1.18 bits per heavy atom. The van der Waals surface area contributed by atoms with Gasteiger partial charge in [-0.05, 0) is 26.0 Å². The molecule has 148 valence electrons. The summed E-state index contributed by atoms with van der Waals surface area (Å²) in [4.78, 5) is 15.3. The van der Waals surface area contributed by atoms with E-state index < -0.39 is 0 Å². The molecule has 1 amide bonds. The van der Waals surface area contributed by atoms with Gasteiger partial charge < -0.3 is 24.1 Å². The van der Waals surface area contributed by atoms with Crippen molar-refractivity contribution in [1.29, 1.82) is 0 Å². The summed E-state index contributed by atoms with van der Waals surface area (Å²) in [5.74, 6) is 1.72. The maximum Gasteiger partial charge on any atom is 0.275 e. The molecule has 0 bridgehead atoms. The van der Waals surface area contributed by atoms with Crippen LogP contribution in [0.15, 0.2) is 45.3 Å². The van der Waals surface area contributed by atoms with Crippen LogP contribution in [-0.4, -0.2) is 43.8 Å². The van der Waals surface area contributed by atoms with E-state index in [0.29, 0.717) is 6.54 Å². The maximum atomic E-state index is 12.5. The second-order valence-corrected chi connectivity index (χ2v) is 7.76. The third-order valence-electron chi connectivity index (χ3n) is 5.43. The van der Waals surface area contributed by atoms with Gasteiger partial charge in [0, 0.05) is 11.5 Å². The van der Waals surface area contributed by atoms with Gasteiger partial charge in [0.2, 0.25) is 0 Å². The van der Waals surface area contributed by atoms with E-state index in [9.17, 15) is 4.79 Å². The first-order valence-corrected chi connectivity index (χ1v) is 9.94. The van der Waals surface area contributed by atoms with Gasteiger partial charge >= 0.3 is 0 Å². The Kier molecular flexibility index (Phi) is 5.45. The van der Waals surface area contributed by atoms with Gasteiger partial charge in [0.05, 0.1) is 6.04 Å². The molecule has 0 radical (unpaired) electrons. The molecule has 3 heterocycles. The Balaban J connectivity index is 1.24. The van der Waals surface area contributed by atoms with Gasteiger partial charge in [-0.25, -0.2) is 0 Å². The van der Waals surface area contributed by atoms with Gasteiger partial charge in [-0.3, -0.25) is 4.79 Å². The molecule has 7 nitrogen and oxygen atoms in total. The zero-order valence-electron chi connectivity index (χ0n) is 16.5. The number of hydrogen-bond donors (Lipinski definition) is 3. The second-order valence-electron chi connectivity index (χ2n) is 7.76. The molecule has 2 aromatic heterocycles. The molecule has 1 aliphatic rings. The summed E-state index contributed by atoms with van der Waals surface area (Å²) in [7, 11) is 0. The van der Waals surface area contributed by atoms with Crippen LogP contribution in [0.5, 0.6) is 0 Å². The summed E-state index contributed by atoms with van der Waals surface area (Å²) in [5.41, 5.74) is 1.86. The Morgan fingerprint density at radius 3 is 2.64 bits per heavy atom. The van der Waals surface area contributed by atoms with Crippen LogP contribution in [0.1, 0.15) is 30.2 Å². The number of amides is 1. The van der Waals surface area contributed by atoms with Crippen LogP contribution in [0.25, 0.3) is 11.0 Å². The fraction of sp³-hybridized carbons (Fsp3) is 0.429. The highest BCUT2D eigenvalue weighted by Gasteiger charge is 2.26. The highest BCUT2D eigenvalue weighted by molar-refractivity contribution is 5.79. The Hall–Kier alpha value is -2.64. The fourth-order valence-corrected chi connectivity index (χ4v) is 3.87. The number of aromatic nitrogens is 1. The number of benzene rings is 1. The zero-order valence-corrected chi connectivity index (χ0v) is 16.5. The Bertz CT molecular complexity index is 907. The monoisotopic (exact) mass is 384 g/mol. The second kappa shape index (κ2) is 8.16. The van der Waals surface area contributed by atoms with E-state index in [1.165, 1.54) is 9.80 Å². The molecule has 3 aromatic rings. The molecule has 1 fully saturated rings. The summed E-state index contributed by atoms with van der Waals surface area (Å²) < 4.78 is 11.0. The van der Waals surface area contributed by atoms with Crippen LogP contribution in [-0.2, 0) is 11.3 Å². The Labute approximate surface area is 164 Å². The van der Waals surface area contributed by atoms with Gasteiger partial charge in [-0.1, -0.05) is 23.4 Å². The summed E-state index contributed by atoms with van der Waals surface area (Å²) in [6.07, 6.45) is 0. The molecule has 0 aliphatic carbocycles. The number of quaternary nitrogens is 2. The van der Waals surface area contributed by atoms with Crippen LogP contribution in [0.3, 0.4) is 0 Å². The highest BCUT2D eigenvalue weighted by Crippen LogP contribution is 2.23. The zero-order chi connectivity index (χ0) is 19.5. The number of aryl methyl sites for hydroxylation is 1. The quantitative estimate of drug-likeness (QED) is 0.554. The lowest BCUT2D eigenvalue weighted by atomic mass is 10.2. The molecular formula is C21H28N4O3+2. The predicted octanol–water partition coefficient (Wildman–Crippen LogP) is -0.110. The minimum atomic E-state index is -0.137. The number of furan rings is 1. The number of piperazine rings is 1. The van der Waals surface area contributed by atoms with Crippen molar-refractivity contribution in [3.8, 4) is 0 Å². The van der Waals surface area contributed by atoms with Gasteiger partial charge in [0.25, 0.3) is 5.91 Å². The third-order valence-corrected chi connectivity index (χ3v) is 5.43. The molecular weight excluding hydrogens is 356 g/mol. The van der Waals surface area contributed by atoms with Crippen molar-refractivity contribution in [2.45, 2.75) is 26.4 Å². The van der Waals surface area contributed by atoms with E-state index >= 15 is 0 Å². The molecule has 4 rings (SSSR count). The first-order chi connectivity index (χ1) is 13.6. The van der Waals surface area contributed by atoms with Gasteiger partial charge in [-0.2, -0.15) is 0 Å². The molecule has 0 spiro atoms. The number of rotatable bonds is 6. The average Bonchev–Trinajstić information content (AvgIpc) is 3.29. The lowest BCUT2D eigenvalue weighted by molar-refractivity contribution is -1.02. The normalized spacial score (nSPS) is 20.9. The van der Waals surface area contributed by atoms with Crippen molar-refractivity contribution in [3.63, 3.8) is 0 Å². The van der Waals surface area contributed by atoms with Crippen LogP contribution in [0.4, 0.5) is 0 Å². The smallest absolute Gasteiger partial charge is 0.275 e. The molecule has 7 heteroatoms. The third kappa shape index (κ3) is 4.43. The number of hydrogen-bond acceptors (Lipinski definition) is 4. The topological polar surface area (TPSA) is 77.2 Å². The van der Waals surface area contributed by atoms with E-state index in [4.69, 9.17) is 8.94 Å². The lowest BCUT2D eigenvalue weighted by Gasteiger charge is -2.29. The Morgan fingerprint density at radius 2 is 1.93 bits per heavy atom. The molecule has 1 saturated heterocycles. The highest BCUT2D eigenvalue weighted by atomic mass is 16.5. The molecule has 28 heavy (non-hydrogen) atoms. The van der Waals surface area contributed by atoms with Crippen molar-refractivity contribution < 1.29 is 23.5 Å². The molecule has 1 atom stereocenters. The first-order valence-electron chi connectivity index (χ1n) is 9.94. The number of nitrogens with one attached hydrogen (secondary N) is 3. The summed E-state index contributed by atoms with van der Waals surface area (Å²) in [6.45, 7) is 9.31. The summed E-state index contributed by atoms with van der Waals surface area (Å²) in [5, 5.41) is 8.22. The van der Waals surface area contributed by atoms with E-state index in [1.54, 1.807) is 0 Å². The van der Waals surface area contributed by atoms with Gasteiger partial charge in [0.15, 0.2) is 6.54 Å². The van der Waals surface area contributed by atoms with Crippen molar-refractivity contribution in [1.82, 2.24) is 10.5 Å². The van der Waals surface area contributed by atoms with E-state index in [1.807, 2.05) is 50.2 Å². The molecule has 3 N–H and O–H groups in total. The maximum absolute atomic E-state index is 12.5. The fourth-order valence-electron chi connectivity index (χ4n) is 3.87. The SMILES string of the molecule is Cc1cc(C[NH+]2CC[NH+](CC(=O)N[C@@H](C)c3cc4ccccc4o3)CC2)no1. The minimum absolute atomic E-state index is 0.0681. The molecule has 1 aromatic carbocycles. The van der Waals surface area contributed by atoms with E-state index in [2.05, 4.69) is 10.5 Å². The predicted molar refractivity (Wildman–Crippen MR) is 104 cm³/mol. The van der Waals surface area contributed by atoms with Crippen LogP contribution in [0.2, 0.25) is 0 Å². The molecule has 0 saturated carbocycles. The first kappa shape index (κ1) is 18.7. The lowest BCUT2D eigenvalue weighted by Crippen LogP contribution is -3.28. The number of nitrogens with zero attached hydrogens (tertiary/aromatic N) is 1. The molecule has 0 unspecified atom stereocenters. The number of para-hydroxylation sites is 1. The van der Waals surface area contributed by atoms with Gasteiger partial charge in [-0.15, -0.1) is 0 Å². The van der Waals surface area contributed by atoms with Crippen LogP contribution in [0, 0.1) is 6.92 Å². The minimum Gasteiger partial charge on any atom is -0.459 e. The van der Waals surface area contributed by atoms with Crippen molar-refractivity contribution in [2.75, 3.05) is 32.7 Å². The average molecular weight is 384 g/mol. The number of fused-ring (bicyclic) bond motifs is 1. The van der Waals surface area contributed by atoms with Crippen molar-refractivity contribution in [2.24, 2.45) is 0 Å². The standard InChI is InChI=1S/C21H26N4O3/c1-15-11-18(23-28-15)13-24-7-9-25(10-8-24)14-21(26)22-16(2)20-12-17-5-3-4-6-19(17)27-20/h3-6,11-12,16H,7-10,13-14H2,1-2H3,(H,22,26)/p+2/t16-/m0/s1.